The SMILES string of the molecule is CN(C)c1cc[n+](-c2nc(NC(=O)C(F)(F)F)nc3c2ncn3[C@H]2C[C@H](O)[C@H](CO)O2)cc1. The van der Waals surface area contributed by atoms with Gasteiger partial charge in [0.1, 0.15) is 12.3 Å². The van der Waals surface area contributed by atoms with Crippen LogP contribution in [0.3, 0.4) is 0 Å². The Bertz CT molecular complexity index is 1170. The number of carbonyl (C=O) groups excluding carboxylic acids is 1. The van der Waals surface area contributed by atoms with E-state index in [0.29, 0.717) is 0 Å². The Kier molecular flexibility index (Phi) is 5.90. The van der Waals surface area contributed by atoms with Crippen molar-refractivity contribution in [1.29, 1.82) is 0 Å². The number of fused-ring (bicyclic) bond motifs is 1. The van der Waals surface area contributed by atoms with E-state index in [9.17, 15) is 28.2 Å². The highest BCUT2D eigenvalue weighted by atomic mass is 19.4. The summed E-state index contributed by atoms with van der Waals surface area (Å²) in [7, 11) is 3.70. The van der Waals surface area contributed by atoms with Crippen molar-refractivity contribution in [2.75, 3.05) is 30.9 Å². The number of alkyl halides is 3. The highest BCUT2D eigenvalue weighted by Gasteiger charge is 2.41. The number of imidazole rings is 1. The lowest BCUT2D eigenvalue weighted by molar-refractivity contribution is -0.598. The van der Waals surface area contributed by atoms with E-state index in [1.807, 2.05) is 19.0 Å². The van der Waals surface area contributed by atoms with E-state index in [0.717, 1.165) is 5.69 Å². The van der Waals surface area contributed by atoms with E-state index < -0.39 is 43.1 Å². The van der Waals surface area contributed by atoms with Crippen LogP contribution >= 0.6 is 0 Å². The number of anilines is 2. The number of pyridine rings is 1. The maximum atomic E-state index is 12.8. The lowest BCUT2D eigenvalue weighted by Crippen LogP contribution is -2.34. The third-order valence-electron chi connectivity index (χ3n) is 5.15. The average Bonchev–Trinajstić information content (AvgIpc) is 3.35. The molecule has 3 N–H and O–H groups in total. The molecular weight excluding hydrogens is 447 g/mol. The normalized spacial score (nSPS) is 20.9. The maximum absolute atomic E-state index is 12.8. The number of ether oxygens (including phenoxy) is 1. The van der Waals surface area contributed by atoms with Crippen LogP contribution in [0, 0.1) is 0 Å². The molecule has 3 aromatic rings. The number of hydrogen-bond acceptors (Lipinski definition) is 8. The lowest BCUT2D eigenvalue weighted by Gasteiger charge is -2.13. The summed E-state index contributed by atoms with van der Waals surface area (Å²) < 4.78 is 47.0. The predicted octanol–water partition coefficient (Wildman–Crippen LogP) is 0.310. The molecular formula is C19H21F3N7O4+. The topological polar surface area (TPSA) is 130 Å². The van der Waals surface area contributed by atoms with Crippen LogP contribution in [0.4, 0.5) is 24.8 Å². The van der Waals surface area contributed by atoms with Crippen LogP contribution in [0.25, 0.3) is 17.0 Å². The molecule has 0 aliphatic carbocycles. The number of hydrogen-bond donors (Lipinski definition) is 3. The highest BCUT2D eigenvalue weighted by Crippen LogP contribution is 2.31. The van der Waals surface area contributed by atoms with Gasteiger partial charge in [-0.25, -0.2) is 9.55 Å². The highest BCUT2D eigenvalue weighted by molar-refractivity contribution is 5.94. The van der Waals surface area contributed by atoms with Crippen LogP contribution in [0.5, 0.6) is 0 Å². The van der Waals surface area contributed by atoms with Gasteiger partial charge in [-0.05, 0) is 0 Å². The molecule has 176 valence electrons. The molecule has 0 spiro atoms. The molecule has 14 heteroatoms. The molecule has 0 radical (unpaired) electrons. The zero-order chi connectivity index (χ0) is 23.9. The van der Waals surface area contributed by atoms with Crippen molar-refractivity contribution >= 4 is 28.7 Å². The number of aliphatic hydroxyl groups is 2. The summed E-state index contributed by atoms with van der Waals surface area (Å²) in [5.41, 5.74) is 1.18. The first-order valence-electron chi connectivity index (χ1n) is 9.84. The quantitative estimate of drug-likeness (QED) is 0.457. The summed E-state index contributed by atoms with van der Waals surface area (Å²) in [6.07, 6.45) is -2.95. The molecule has 33 heavy (non-hydrogen) atoms. The molecule has 11 nitrogen and oxygen atoms in total. The number of nitrogens with zero attached hydrogens (tertiary/aromatic N) is 6. The zero-order valence-corrected chi connectivity index (χ0v) is 17.6. The summed E-state index contributed by atoms with van der Waals surface area (Å²) in [6.45, 7) is -0.411. The maximum Gasteiger partial charge on any atom is 0.471 e. The van der Waals surface area contributed by atoms with E-state index in [1.54, 1.807) is 29.8 Å². The van der Waals surface area contributed by atoms with Crippen molar-refractivity contribution in [1.82, 2.24) is 19.5 Å². The Morgan fingerprint density at radius 1 is 1.33 bits per heavy atom. The van der Waals surface area contributed by atoms with Crippen molar-refractivity contribution in [3.8, 4) is 5.82 Å². The Labute approximate surface area is 185 Å². The molecule has 3 atom stereocenters. The van der Waals surface area contributed by atoms with Crippen molar-refractivity contribution in [2.45, 2.75) is 31.0 Å². The molecule has 0 saturated carbocycles. The smallest absolute Gasteiger partial charge is 0.394 e. The molecule has 4 rings (SSSR count). The van der Waals surface area contributed by atoms with Gasteiger partial charge in [0, 0.05) is 43.3 Å². The number of aliphatic hydroxyl groups excluding tert-OH is 2. The molecule has 1 amide bonds. The van der Waals surface area contributed by atoms with E-state index >= 15 is 0 Å². The fraction of sp³-hybridized carbons (Fsp3) is 0.421. The lowest BCUT2D eigenvalue weighted by atomic mass is 10.2. The molecule has 1 saturated heterocycles. The number of carbonyl (C=O) groups is 1. The van der Waals surface area contributed by atoms with Gasteiger partial charge in [-0.3, -0.25) is 14.7 Å². The molecule has 4 heterocycles. The molecule has 1 fully saturated rings. The summed E-state index contributed by atoms with van der Waals surface area (Å²) in [6, 6.07) is 3.53. The Hall–Kier alpha value is -3.36. The fourth-order valence-electron chi connectivity index (χ4n) is 3.43. The minimum absolute atomic E-state index is 0.0810. The summed E-state index contributed by atoms with van der Waals surface area (Å²) >= 11 is 0. The van der Waals surface area contributed by atoms with Crippen LogP contribution < -0.4 is 14.8 Å². The van der Waals surface area contributed by atoms with E-state index in [-0.39, 0.29) is 23.4 Å². The van der Waals surface area contributed by atoms with Crippen molar-refractivity contribution in [3.63, 3.8) is 0 Å². The van der Waals surface area contributed by atoms with Gasteiger partial charge in [-0.15, -0.1) is 0 Å². The van der Waals surface area contributed by atoms with E-state index in [2.05, 4.69) is 15.0 Å². The Balaban J connectivity index is 1.82. The third-order valence-corrected chi connectivity index (χ3v) is 5.15. The molecule has 3 aromatic heterocycles. The van der Waals surface area contributed by atoms with Crippen LogP contribution in [-0.2, 0) is 9.53 Å². The van der Waals surface area contributed by atoms with E-state index in [1.165, 1.54) is 15.5 Å². The van der Waals surface area contributed by atoms with Gasteiger partial charge in [0.25, 0.3) is 0 Å². The number of rotatable bonds is 5. The van der Waals surface area contributed by atoms with Crippen LogP contribution in [0.2, 0.25) is 0 Å². The second-order valence-electron chi connectivity index (χ2n) is 7.62. The van der Waals surface area contributed by atoms with E-state index in [4.69, 9.17) is 4.74 Å². The zero-order valence-electron chi connectivity index (χ0n) is 17.6. The van der Waals surface area contributed by atoms with Crippen molar-refractivity contribution in [3.05, 3.63) is 30.9 Å². The van der Waals surface area contributed by atoms with Crippen molar-refractivity contribution in [2.24, 2.45) is 0 Å². The van der Waals surface area contributed by atoms with Gasteiger partial charge in [0.15, 0.2) is 5.65 Å². The molecule has 0 unspecified atom stereocenters. The standard InChI is InChI=1S/C19H20F3N7O4/c1-27(2)10-3-5-28(6-4-10)15-14-16(25-18(24-15)26-17(32)19(20,21)22)29(9-23-14)13-7-11(31)12(8-30)33-13/h3-6,9,11-13,30-31H,7-8H2,1-2H3/p+1/t11-,12-,13+/m0/s1. The van der Waals surface area contributed by atoms with Crippen LogP contribution in [-0.4, -0.2) is 74.7 Å². The summed E-state index contributed by atoms with van der Waals surface area (Å²) in [5, 5.41) is 21.1. The van der Waals surface area contributed by atoms with Gasteiger partial charge in [-0.2, -0.15) is 18.2 Å². The first-order chi connectivity index (χ1) is 15.6. The minimum Gasteiger partial charge on any atom is -0.394 e. The predicted molar refractivity (Wildman–Crippen MR) is 107 cm³/mol. The number of halogens is 3. The second-order valence-corrected chi connectivity index (χ2v) is 7.62. The number of aromatic nitrogens is 5. The first-order valence-corrected chi connectivity index (χ1v) is 9.84. The van der Waals surface area contributed by atoms with Gasteiger partial charge in [0.2, 0.25) is 5.52 Å². The summed E-state index contributed by atoms with van der Waals surface area (Å²) in [5.74, 6) is -2.68. The molecule has 0 bridgehead atoms. The third kappa shape index (κ3) is 4.44. The largest absolute Gasteiger partial charge is 0.471 e. The number of nitrogens with one attached hydrogen (secondary N) is 1. The van der Waals surface area contributed by atoms with Gasteiger partial charge < -0.3 is 19.8 Å². The van der Waals surface area contributed by atoms with Gasteiger partial charge >= 0.3 is 23.8 Å². The van der Waals surface area contributed by atoms with Crippen LogP contribution in [0.1, 0.15) is 12.6 Å². The molecule has 0 aromatic carbocycles. The fourth-order valence-corrected chi connectivity index (χ4v) is 3.43. The number of amides is 1. The van der Waals surface area contributed by atoms with Crippen molar-refractivity contribution < 1.29 is 37.5 Å². The van der Waals surface area contributed by atoms with Gasteiger partial charge in [-0.1, -0.05) is 0 Å². The molecule has 1 aliphatic rings. The minimum atomic E-state index is -5.13. The molecule has 1 aliphatic heterocycles. The van der Waals surface area contributed by atoms with Crippen LogP contribution in [0.15, 0.2) is 30.9 Å². The van der Waals surface area contributed by atoms with Gasteiger partial charge in [0.05, 0.1) is 31.4 Å². The monoisotopic (exact) mass is 468 g/mol. The summed E-state index contributed by atoms with van der Waals surface area (Å²) in [4.78, 5) is 25.8. The average molecular weight is 468 g/mol. The first kappa shape index (κ1) is 22.8. The Morgan fingerprint density at radius 2 is 2.03 bits per heavy atom. The second kappa shape index (κ2) is 8.53. The Morgan fingerprint density at radius 3 is 2.61 bits per heavy atom.